The number of amides is 1. The number of H-pyrrole nitrogens is 1. The van der Waals surface area contributed by atoms with Crippen molar-refractivity contribution in [3.63, 3.8) is 0 Å². The molecule has 1 amide bonds. The second-order valence-electron chi connectivity index (χ2n) is 3.75. The summed E-state index contributed by atoms with van der Waals surface area (Å²) in [6.45, 7) is 5.33. The van der Waals surface area contributed by atoms with Crippen molar-refractivity contribution in [2.45, 2.75) is 18.9 Å². The van der Waals surface area contributed by atoms with Crippen LogP contribution in [0.5, 0.6) is 0 Å². The van der Waals surface area contributed by atoms with E-state index in [4.69, 9.17) is 11.6 Å². The van der Waals surface area contributed by atoms with E-state index >= 15 is 0 Å². The van der Waals surface area contributed by atoms with Crippen molar-refractivity contribution >= 4 is 40.4 Å². The zero-order valence-corrected chi connectivity index (χ0v) is 12.3. The maximum Gasteiger partial charge on any atom is 0.232 e. The molecule has 0 saturated carbocycles. The highest BCUT2D eigenvalue weighted by Gasteiger charge is 2.14. The number of nitrogens with one attached hydrogen (secondary N) is 1. The third-order valence-electron chi connectivity index (χ3n) is 2.67. The Balaban J connectivity index is 2.13. The van der Waals surface area contributed by atoms with Gasteiger partial charge in [-0.15, -0.1) is 0 Å². The summed E-state index contributed by atoms with van der Waals surface area (Å²) in [5.74, 6) is 0.403. The van der Waals surface area contributed by atoms with Crippen LogP contribution < -0.4 is 0 Å². The van der Waals surface area contributed by atoms with E-state index in [-0.39, 0.29) is 11.2 Å². The number of carbonyl (C=O) groups is 1. The van der Waals surface area contributed by atoms with E-state index in [0.717, 1.165) is 0 Å². The summed E-state index contributed by atoms with van der Waals surface area (Å²) in [6.07, 6.45) is 1.53. The molecule has 0 aliphatic heterocycles. The van der Waals surface area contributed by atoms with Gasteiger partial charge in [-0.25, -0.2) is 9.97 Å². The topological polar surface area (TPSA) is 74.8 Å². The predicted octanol–water partition coefficient (Wildman–Crippen LogP) is 1.97. The van der Waals surface area contributed by atoms with Crippen LogP contribution in [0.2, 0.25) is 5.28 Å². The number of fused-ring (bicyclic) bond motifs is 1. The van der Waals surface area contributed by atoms with Crippen LogP contribution in [-0.2, 0) is 4.79 Å². The average molecular weight is 300 g/mol. The van der Waals surface area contributed by atoms with Crippen molar-refractivity contribution in [2.24, 2.45) is 0 Å². The van der Waals surface area contributed by atoms with Crippen molar-refractivity contribution in [1.29, 1.82) is 0 Å². The lowest BCUT2D eigenvalue weighted by atomic mass is 10.5. The van der Waals surface area contributed by atoms with Crippen molar-refractivity contribution in [3.05, 3.63) is 11.6 Å². The molecule has 0 aliphatic carbocycles. The Labute approximate surface area is 120 Å². The van der Waals surface area contributed by atoms with Gasteiger partial charge in [-0.1, -0.05) is 11.8 Å². The van der Waals surface area contributed by atoms with E-state index in [0.29, 0.717) is 35.0 Å². The lowest BCUT2D eigenvalue weighted by Crippen LogP contribution is -2.31. The van der Waals surface area contributed by atoms with Crippen molar-refractivity contribution in [2.75, 3.05) is 18.8 Å². The van der Waals surface area contributed by atoms with Gasteiger partial charge in [0.2, 0.25) is 11.2 Å². The minimum absolute atomic E-state index is 0.0809. The molecule has 0 aromatic carbocycles. The molecule has 2 aromatic rings. The maximum atomic E-state index is 11.9. The third-order valence-corrected chi connectivity index (χ3v) is 3.80. The summed E-state index contributed by atoms with van der Waals surface area (Å²) in [5, 5.41) is 0.783. The SMILES string of the molecule is CCN(CC)C(=O)CSc1nc(Cl)nc2nc[nH]c12. The zero-order valence-electron chi connectivity index (χ0n) is 10.7. The standard InChI is InChI=1S/C11H14ClN5OS/c1-3-17(4-2)7(18)5-19-10-8-9(14-6-13-8)15-11(12)16-10/h6H,3-5H2,1-2H3,(H,13,14,15,16). The second kappa shape index (κ2) is 6.21. The van der Waals surface area contributed by atoms with E-state index < -0.39 is 0 Å². The van der Waals surface area contributed by atoms with Crippen LogP contribution >= 0.6 is 23.4 Å². The van der Waals surface area contributed by atoms with E-state index in [1.54, 1.807) is 4.90 Å². The van der Waals surface area contributed by atoms with Crippen molar-refractivity contribution in [1.82, 2.24) is 24.8 Å². The summed E-state index contributed by atoms with van der Waals surface area (Å²) >= 11 is 7.17. The lowest BCUT2D eigenvalue weighted by molar-refractivity contribution is -0.127. The fraction of sp³-hybridized carbons (Fsp3) is 0.455. The molecule has 6 nitrogen and oxygen atoms in total. The Morgan fingerprint density at radius 1 is 1.42 bits per heavy atom. The molecule has 0 bridgehead atoms. The van der Waals surface area contributed by atoms with E-state index in [1.165, 1.54) is 18.1 Å². The lowest BCUT2D eigenvalue weighted by Gasteiger charge is -2.17. The number of aromatic nitrogens is 4. The predicted molar refractivity (Wildman–Crippen MR) is 75.3 cm³/mol. The van der Waals surface area contributed by atoms with Gasteiger partial charge in [-0.05, 0) is 25.4 Å². The van der Waals surface area contributed by atoms with E-state index in [1.807, 2.05) is 13.8 Å². The van der Waals surface area contributed by atoms with Gasteiger partial charge >= 0.3 is 0 Å². The van der Waals surface area contributed by atoms with Crippen LogP contribution in [0, 0.1) is 0 Å². The summed E-state index contributed by atoms with van der Waals surface area (Å²) < 4.78 is 0. The van der Waals surface area contributed by atoms with E-state index in [2.05, 4.69) is 19.9 Å². The summed E-state index contributed by atoms with van der Waals surface area (Å²) in [7, 11) is 0. The summed E-state index contributed by atoms with van der Waals surface area (Å²) in [6, 6.07) is 0. The molecule has 1 N–H and O–H groups in total. The Hall–Kier alpha value is -1.34. The minimum Gasteiger partial charge on any atom is -0.343 e. The Morgan fingerprint density at radius 2 is 2.16 bits per heavy atom. The smallest absolute Gasteiger partial charge is 0.232 e. The van der Waals surface area contributed by atoms with Gasteiger partial charge in [0.15, 0.2) is 5.65 Å². The highest BCUT2D eigenvalue weighted by Crippen LogP contribution is 2.24. The molecule has 0 saturated heterocycles. The fourth-order valence-electron chi connectivity index (χ4n) is 1.68. The Bertz CT molecular complexity index is 583. The molecule has 8 heteroatoms. The first-order valence-corrected chi connectivity index (χ1v) is 7.29. The molecule has 2 rings (SSSR count). The molecular formula is C11H14ClN5OS. The third kappa shape index (κ3) is 3.16. The minimum atomic E-state index is 0.0809. The van der Waals surface area contributed by atoms with E-state index in [9.17, 15) is 4.79 Å². The van der Waals surface area contributed by atoms with Crippen molar-refractivity contribution in [3.8, 4) is 0 Å². The molecule has 0 unspecified atom stereocenters. The maximum absolute atomic E-state index is 11.9. The number of aromatic amines is 1. The molecule has 0 fully saturated rings. The molecule has 0 spiro atoms. The van der Waals surface area contributed by atoms with Gasteiger partial charge in [-0.3, -0.25) is 4.79 Å². The molecule has 0 radical (unpaired) electrons. The summed E-state index contributed by atoms with van der Waals surface area (Å²) in [5.41, 5.74) is 1.22. The first-order valence-electron chi connectivity index (χ1n) is 5.92. The number of halogens is 1. The van der Waals surface area contributed by atoms with Gasteiger partial charge < -0.3 is 9.88 Å². The highest BCUT2D eigenvalue weighted by molar-refractivity contribution is 8.00. The number of carbonyl (C=O) groups excluding carboxylic acids is 1. The molecule has 102 valence electrons. The monoisotopic (exact) mass is 299 g/mol. The number of hydrogen-bond acceptors (Lipinski definition) is 5. The Kier molecular flexibility index (Phi) is 4.60. The molecule has 19 heavy (non-hydrogen) atoms. The van der Waals surface area contributed by atoms with Crippen molar-refractivity contribution < 1.29 is 4.79 Å². The number of rotatable bonds is 5. The number of nitrogens with zero attached hydrogens (tertiary/aromatic N) is 4. The molecule has 2 aromatic heterocycles. The van der Waals surface area contributed by atoms with Crippen LogP contribution in [0.15, 0.2) is 11.4 Å². The van der Waals surface area contributed by atoms with Gasteiger partial charge in [0.1, 0.15) is 10.5 Å². The van der Waals surface area contributed by atoms with Gasteiger partial charge in [-0.2, -0.15) is 4.98 Å². The van der Waals surface area contributed by atoms with Gasteiger partial charge in [0.25, 0.3) is 0 Å². The second-order valence-corrected chi connectivity index (χ2v) is 5.06. The summed E-state index contributed by atoms with van der Waals surface area (Å²) in [4.78, 5) is 28.8. The quantitative estimate of drug-likeness (QED) is 0.519. The zero-order chi connectivity index (χ0) is 13.8. The molecule has 2 heterocycles. The number of thioether (sulfide) groups is 1. The Morgan fingerprint density at radius 3 is 2.84 bits per heavy atom. The van der Waals surface area contributed by atoms with Crippen LogP contribution in [0.1, 0.15) is 13.8 Å². The highest BCUT2D eigenvalue weighted by atomic mass is 35.5. The van der Waals surface area contributed by atoms with Crippen LogP contribution in [0.4, 0.5) is 0 Å². The molecule has 0 aliphatic rings. The number of hydrogen-bond donors (Lipinski definition) is 1. The average Bonchev–Trinajstić information content (AvgIpc) is 2.85. The first kappa shape index (κ1) is 14.1. The molecular weight excluding hydrogens is 286 g/mol. The van der Waals surface area contributed by atoms with Gasteiger partial charge in [0, 0.05) is 13.1 Å². The van der Waals surface area contributed by atoms with Crippen LogP contribution in [0.25, 0.3) is 11.2 Å². The first-order chi connectivity index (χ1) is 9.15. The normalized spacial score (nSPS) is 10.9. The fourth-order valence-corrected chi connectivity index (χ4v) is 2.79. The number of imidazole rings is 1. The largest absolute Gasteiger partial charge is 0.343 e. The van der Waals surface area contributed by atoms with Crippen LogP contribution in [-0.4, -0.2) is 49.6 Å². The van der Waals surface area contributed by atoms with Gasteiger partial charge in [0.05, 0.1) is 12.1 Å². The molecule has 0 atom stereocenters. The van der Waals surface area contributed by atoms with Crippen LogP contribution in [0.3, 0.4) is 0 Å².